The lowest BCUT2D eigenvalue weighted by atomic mass is 10.2. The molecule has 1 saturated heterocycles. The van der Waals surface area contributed by atoms with Gasteiger partial charge in [-0.05, 0) is 31.0 Å². The molecule has 36 heavy (non-hydrogen) atoms. The first kappa shape index (κ1) is 27.4. The number of amides is 2. The molecule has 1 fully saturated rings. The molecule has 0 atom stereocenters. The number of carbonyl (C=O) groups excluding carboxylic acids is 3. The number of carbonyl (C=O) groups is 3. The van der Waals surface area contributed by atoms with Gasteiger partial charge in [-0.3, -0.25) is 19.3 Å². The first-order valence-corrected chi connectivity index (χ1v) is 12.6. The summed E-state index contributed by atoms with van der Waals surface area (Å²) < 4.78 is 15.8. The van der Waals surface area contributed by atoms with Crippen molar-refractivity contribution in [3.63, 3.8) is 0 Å². The average Bonchev–Trinajstić information content (AvgIpc) is 3.41. The molecule has 2 heterocycles. The minimum Gasteiger partial charge on any atom is -0.467 e. The zero-order valence-corrected chi connectivity index (χ0v) is 21.1. The van der Waals surface area contributed by atoms with E-state index in [1.807, 2.05) is 36.4 Å². The molecule has 0 spiro atoms. The van der Waals surface area contributed by atoms with Crippen molar-refractivity contribution >= 4 is 17.8 Å². The van der Waals surface area contributed by atoms with E-state index in [-0.39, 0.29) is 37.8 Å². The summed E-state index contributed by atoms with van der Waals surface area (Å²) in [5.41, 5.74) is 0.991. The lowest BCUT2D eigenvalue weighted by molar-refractivity contribution is -0.146. The van der Waals surface area contributed by atoms with E-state index in [2.05, 4.69) is 4.90 Å². The number of benzene rings is 1. The quantitative estimate of drug-likeness (QED) is 0.369. The molecule has 1 aromatic heterocycles. The minimum absolute atomic E-state index is 0.000945. The fourth-order valence-corrected chi connectivity index (χ4v) is 4.09. The zero-order chi connectivity index (χ0) is 25.6. The van der Waals surface area contributed by atoms with Gasteiger partial charge in [-0.2, -0.15) is 0 Å². The van der Waals surface area contributed by atoms with E-state index in [1.165, 1.54) is 0 Å². The average molecular weight is 500 g/mol. The summed E-state index contributed by atoms with van der Waals surface area (Å²) in [6, 6.07) is 13.3. The molecule has 196 valence electrons. The van der Waals surface area contributed by atoms with Crippen LogP contribution < -0.4 is 0 Å². The highest BCUT2D eigenvalue weighted by Crippen LogP contribution is 2.13. The normalized spacial score (nSPS) is 13.8. The van der Waals surface area contributed by atoms with Gasteiger partial charge in [0.25, 0.3) is 0 Å². The summed E-state index contributed by atoms with van der Waals surface area (Å²) in [6.45, 7) is 7.06. The van der Waals surface area contributed by atoms with Crippen LogP contribution in [0.3, 0.4) is 0 Å². The number of ether oxygens (including phenoxy) is 2. The van der Waals surface area contributed by atoms with Gasteiger partial charge in [-0.15, -0.1) is 0 Å². The molecule has 0 bridgehead atoms. The Kier molecular flexibility index (Phi) is 11.5. The molecule has 2 amide bonds. The predicted octanol–water partition coefficient (Wildman–Crippen LogP) is 2.70. The standard InChI is InChI=1S/C27H37N3O6/c1-2-35-27(33)12-11-25(31)29(14-7-13-28-15-18-34-19-16-28)22-26(32)30(21-24-10-6-17-36-24)20-23-8-4-3-5-9-23/h3-6,8-10,17H,2,7,11-16,18-22H2,1H3. The highest BCUT2D eigenvalue weighted by Gasteiger charge is 2.23. The van der Waals surface area contributed by atoms with E-state index in [9.17, 15) is 14.4 Å². The Balaban J connectivity index is 1.65. The van der Waals surface area contributed by atoms with Crippen LogP contribution in [0.1, 0.15) is 37.5 Å². The van der Waals surface area contributed by atoms with Gasteiger partial charge in [-0.25, -0.2) is 0 Å². The third-order valence-electron chi connectivity index (χ3n) is 6.03. The van der Waals surface area contributed by atoms with Gasteiger partial charge in [-0.1, -0.05) is 30.3 Å². The van der Waals surface area contributed by atoms with Crippen molar-refractivity contribution in [1.29, 1.82) is 0 Å². The first-order valence-electron chi connectivity index (χ1n) is 12.6. The lowest BCUT2D eigenvalue weighted by Crippen LogP contribution is -2.44. The Morgan fingerprint density at radius 3 is 2.42 bits per heavy atom. The monoisotopic (exact) mass is 499 g/mol. The summed E-state index contributed by atoms with van der Waals surface area (Å²) in [4.78, 5) is 43.9. The van der Waals surface area contributed by atoms with Crippen molar-refractivity contribution < 1.29 is 28.3 Å². The summed E-state index contributed by atoms with van der Waals surface area (Å²) in [5, 5.41) is 0. The molecule has 2 aromatic rings. The molecule has 0 unspecified atom stereocenters. The third kappa shape index (κ3) is 9.47. The summed E-state index contributed by atoms with van der Waals surface area (Å²) >= 11 is 0. The fraction of sp³-hybridized carbons (Fsp3) is 0.519. The summed E-state index contributed by atoms with van der Waals surface area (Å²) in [7, 11) is 0. The Morgan fingerprint density at radius 1 is 0.944 bits per heavy atom. The van der Waals surface area contributed by atoms with Crippen LogP contribution in [0, 0.1) is 0 Å². The highest BCUT2D eigenvalue weighted by atomic mass is 16.5. The van der Waals surface area contributed by atoms with Gasteiger partial charge in [0.15, 0.2) is 0 Å². The largest absolute Gasteiger partial charge is 0.467 e. The maximum Gasteiger partial charge on any atom is 0.306 e. The van der Waals surface area contributed by atoms with E-state index in [4.69, 9.17) is 13.9 Å². The zero-order valence-electron chi connectivity index (χ0n) is 21.1. The van der Waals surface area contributed by atoms with Crippen LogP contribution in [-0.2, 0) is 36.9 Å². The van der Waals surface area contributed by atoms with Gasteiger partial charge >= 0.3 is 5.97 Å². The third-order valence-corrected chi connectivity index (χ3v) is 6.03. The molecule has 3 rings (SSSR count). The van der Waals surface area contributed by atoms with Gasteiger partial charge < -0.3 is 23.7 Å². The van der Waals surface area contributed by atoms with Crippen LogP contribution in [0.5, 0.6) is 0 Å². The van der Waals surface area contributed by atoms with Crippen LogP contribution in [-0.4, -0.2) is 85.0 Å². The van der Waals surface area contributed by atoms with Crippen LogP contribution in [0.15, 0.2) is 53.1 Å². The summed E-state index contributed by atoms with van der Waals surface area (Å²) in [6.07, 6.45) is 2.33. The second kappa shape index (κ2) is 15.1. The molecular formula is C27H37N3O6. The summed E-state index contributed by atoms with van der Waals surface area (Å²) in [5.74, 6) is -0.136. The number of morpholine rings is 1. The van der Waals surface area contributed by atoms with Gasteiger partial charge in [0.1, 0.15) is 5.76 Å². The molecule has 0 radical (unpaired) electrons. The molecule has 9 heteroatoms. The molecule has 0 saturated carbocycles. The van der Waals surface area contributed by atoms with Gasteiger partial charge in [0.2, 0.25) is 11.8 Å². The molecule has 0 N–H and O–H groups in total. The molecular weight excluding hydrogens is 462 g/mol. The molecule has 1 aliphatic rings. The van der Waals surface area contributed by atoms with Crippen molar-refractivity contribution in [3.8, 4) is 0 Å². The molecule has 0 aliphatic carbocycles. The second-order valence-electron chi connectivity index (χ2n) is 8.74. The SMILES string of the molecule is CCOC(=O)CCC(=O)N(CCCN1CCOCC1)CC(=O)N(Cc1ccccc1)Cc1ccco1. The molecule has 1 aromatic carbocycles. The predicted molar refractivity (Wildman–Crippen MR) is 134 cm³/mol. The van der Waals surface area contributed by atoms with Crippen molar-refractivity contribution in [2.24, 2.45) is 0 Å². The lowest BCUT2D eigenvalue weighted by Gasteiger charge is -2.30. The van der Waals surface area contributed by atoms with E-state index in [0.29, 0.717) is 38.6 Å². The topological polar surface area (TPSA) is 92.5 Å². The van der Waals surface area contributed by atoms with E-state index in [0.717, 1.165) is 31.6 Å². The van der Waals surface area contributed by atoms with Gasteiger partial charge in [0.05, 0.1) is 45.6 Å². The number of nitrogens with zero attached hydrogens (tertiary/aromatic N) is 3. The van der Waals surface area contributed by atoms with E-state index < -0.39 is 5.97 Å². The van der Waals surface area contributed by atoms with Crippen LogP contribution in [0.2, 0.25) is 0 Å². The number of hydrogen-bond acceptors (Lipinski definition) is 7. The molecule has 1 aliphatic heterocycles. The Labute approximate surface area is 212 Å². The number of furan rings is 1. The smallest absolute Gasteiger partial charge is 0.306 e. The van der Waals surface area contributed by atoms with Crippen molar-refractivity contribution in [2.45, 2.75) is 39.3 Å². The van der Waals surface area contributed by atoms with Crippen molar-refractivity contribution in [2.75, 3.05) is 52.5 Å². The van der Waals surface area contributed by atoms with Crippen LogP contribution in [0.25, 0.3) is 0 Å². The Morgan fingerprint density at radius 2 is 1.72 bits per heavy atom. The fourth-order valence-electron chi connectivity index (χ4n) is 4.09. The first-order chi connectivity index (χ1) is 17.5. The number of esters is 1. The van der Waals surface area contributed by atoms with Gasteiger partial charge in [0, 0.05) is 39.1 Å². The molecule has 9 nitrogen and oxygen atoms in total. The van der Waals surface area contributed by atoms with Crippen molar-refractivity contribution in [3.05, 3.63) is 60.1 Å². The number of hydrogen-bond donors (Lipinski definition) is 0. The minimum atomic E-state index is -0.408. The van der Waals surface area contributed by atoms with E-state index in [1.54, 1.807) is 29.1 Å². The Hall–Kier alpha value is -3.17. The van der Waals surface area contributed by atoms with Crippen molar-refractivity contribution in [1.82, 2.24) is 14.7 Å². The number of rotatable bonds is 14. The maximum absolute atomic E-state index is 13.5. The second-order valence-corrected chi connectivity index (χ2v) is 8.74. The Bertz CT molecular complexity index is 928. The maximum atomic E-state index is 13.5. The highest BCUT2D eigenvalue weighted by molar-refractivity contribution is 5.86. The van der Waals surface area contributed by atoms with E-state index >= 15 is 0 Å². The van der Waals surface area contributed by atoms with Crippen LogP contribution >= 0.6 is 0 Å². The van der Waals surface area contributed by atoms with Crippen LogP contribution in [0.4, 0.5) is 0 Å².